The van der Waals surface area contributed by atoms with E-state index in [1.54, 1.807) is 7.11 Å². The Hall–Kier alpha value is -1.55. The number of fused-ring (bicyclic) bond motifs is 1. The topological polar surface area (TPSA) is 39.1 Å². The van der Waals surface area contributed by atoms with Crippen LogP contribution < -0.4 is 10.1 Å². The van der Waals surface area contributed by atoms with Crippen molar-refractivity contribution in [3.05, 3.63) is 24.0 Å². The Bertz CT molecular complexity index is 570. The van der Waals surface area contributed by atoms with E-state index in [0.29, 0.717) is 5.92 Å². The van der Waals surface area contributed by atoms with Gasteiger partial charge in [0.1, 0.15) is 11.6 Å². The first-order valence-corrected chi connectivity index (χ1v) is 6.98. The molecule has 1 aromatic carbocycles. The molecule has 1 aliphatic heterocycles. The van der Waals surface area contributed by atoms with Gasteiger partial charge in [-0.15, -0.1) is 0 Å². The average molecular weight is 259 g/mol. The summed E-state index contributed by atoms with van der Waals surface area (Å²) in [5.74, 6) is 2.78. The molecule has 1 aliphatic rings. The number of aryl methyl sites for hydroxylation is 1. The first-order chi connectivity index (χ1) is 9.28. The number of imidazole rings is 1. The summed E-state index contributed by atoms with van der Waals surface area (Å²) in [6.07, 6.45) is 3.64. The molecule has 0 amide bonds. The van der Waals surface area contributed by atoms with Crippen molar-refractivity contribution in [2.75, 3.05) is 20.2 Å². The van der Waals surface area contributed by atoms with Gasteiger partial charge >= 0.3 is 0 Å². The third-order valence-electron chi connectivity index (χ3n) is 4.05. The molecule has 1 N–H and O–H groups in total. The molecule has 1 atom stereocenters. The second kappa shape index (κ2) is 5.21. The van der Waals surface area contributed by atoms with Gasteiger partial charge in [-0.25, -0.2) is 4.98 Å². The quantitative estimate of drug-likeness (QED) is 0.917. The minimum absolute atomic E-state index is 0.714. The lowest BCUT2D eigenvalue weighted by atomic mass is 9.96. The normalized spacial score (nSPS) is 19.8. The molecule has 4 nitrogen and oxygen atoms in total. The van der Waals surface area contributed by atoms with Gasteiger partial charge in [0.15, 0.2) is 0 Å². The Balaban J connectivity index is 1.88. The predicted molar refractivity (Wildman–Crippen MR) is 76.6 cm³/mol. The van der Waals surface area contributed by atoms with Gasteiger partial charge < -0.3 is 14.6 Å². The van der Waals surface area contributed by atoms with Gasteiger partial charge in [0, 0.05) is 19.5 Å². The van der Waals surface area contributed by atoms with Crippen LogP contribution in [0.5, 0.6) is 5.75 Å². The van der Waals surface area contributed by atoms with Gasteiger partial charge in [-0.05, 0) is 44.0 Å². The van der Waals surface area contributed by atoms with Crippen LogP contribution in [0.25, 0.3) is 11.0 Å². The summed E-state index contributed by atoms with van der Waals surface area (Å²) < 4.78 is 7.49. The van der Waals surface area contributed by atoms with Crippen molar-refractivity contribution < 1.29 is 4.74 Å². The summed E-state index contributed by atoms with van der Waals surface area (Å²) in [6.45, 7) is 2.28. The molecule has 4 heteroatoms. The number of ether oxygens (including phenoxy) is 1. The Morgan fingerprint density at radius 2 is 2.37 bits per heavy atom. The monoisotopic (exact) mass is 259 g/mol. The first-order valence-electron chi connectivity index (χ1n) is 6.98. The highest BCUT2D eigenvalue weighted by atomic mass is 16.5. The number of hydrogen-bond donors (Lipinski definition) is 1. The maximum absolute atomic E-state index is 5.29. The van der Waals surface area contributed by atoms with E-state index in [1.165, 1.54) is 18.7 Å². The van der Waals surface area contributed by atoms with Crippen molar-refractivity contribution >= 4 is 11.0 Å². The van der Waals surface area contributed by atoms with Crippen LogP contribution >= 0.6 is 0 Å². The molecule has 1 aromatic heterocycles. The molecule has 1 unspecified atom stereocenters. The summed E-state index contributed by atoms with van der Waals surface area (Å²) in [4.78, 5) is 4.76. The minimum atomic E-state index is 0.714. The first kappa shape index (κ1) is 12.5. The van der Waals surface area contributed by atoms with E-state index in [9.17, 15) is 0 Å². The molecule has 102 valence electrons. The molecule has 0 aliphatic carbocycles. The Morgan fingerprint density at radius 3 is 3.11 bits per heavy atom. The van der Waals surface area contributed by atoms with Crippen LogP contribution in [-0.2, 0) is 13.5 Å². The van der Waals surface area contributed by atoms with Crippen LogP contribution in [0.15, 0.2) is 18.2 Å². The highest BCUT2D eigenvalue weighted by molar-refractivity contribution is 5.77. The minimum Gasteiger partial charge on any atom is -0.497 e. The Kier molecular flexibility index (Phi) is 3.42. The third kappa shape index (κ3) is 2.45. The summed E-state index contributed by atoms with van der Waals surface area (Å²) in [6, 6.07) is 6.07. The van der Waals surface area contributed by atoms with Crippen molar-refractivity contribution in [1.82, 2.24) is 14.9 Å². The molecule has 0 spiro atoms. The predicted octanol–water partition coefficient (Wildman–Crippen LogP) is 2.12. The van der Waals surface area contributed by atoms with Gasteiger partial charge in [0.25, 0.3) is 0 Å². The van der Waals surface area contributed by atoms with E-state index in [4.69, 9.17) is 9.72 Å². The fraction of sp³-hybridized carbons (Fsp3) is 0.533. The van der Waals surface area contributed by atoms with E-state index in [0.717, 1.165) is 36.3 Å². The Morgan fingerprint density at radius 1 is 1.47 bits per heavy atom. The standard InChI is InChI=1S/C15H21N3O/c1-18-14-9-12(19-2)5-6-13(14)17-15(18)8-11-4-3-7-16-10-11/h5-6,9,11,16H,3-4,7-8,10H2,1-2H3. The average Bonchev–Trinajstić information content (AvgIpc) is 2.76. The highest BCUT2D eigenvalue weighted by Gasteiger charge is 2.17. The van der Waals surface area contributed by atoms with E-state index < -0.39 is 0 Å². The van der Waals surface area contributed by atoms with Crippen LogP contribution in [0, 0.1) is 5.92 Å². The van der Waals surface area contributed by atoms with Crippen LogP contribution in [-0.4, -0.2) is 29.8 Å². The molecule has 0 saturated carbocycles. The lowest BCUT2D eigenvalue weighted by molar-refractivity contribution is 0.368. The summed E-state index contributed by atoms with van der Waals surface area (Å²) in [5.41, 5.74) is 2.21. The molecular weight excluding hydrogens is 238 g/mol. The second-order valence-corrected chi connectivity index (χ2v) is 5.36. The van der Waals surface area contributed by atoms with Crippen LogP contribution in [0.2, 0.25) is 0 Å². The number of methoxy groups -OCH3 is 1. The van der Waals surface area contributed by atoms with Crippen LogP contribution in [0.4, 0.5) is 0 Å². The van der Waals surface area contributed by atoms with Gasteiger partial charge in [-0.1, -0.05) is 0 Å². The molecule has 0 radical (unpaired) electrons. The van der Waals surface area contributed by atoms with E-state index in [-0.39, 0.29) is 0 Å². The largest absolute Gasteiger partial charge is 0.497 e. The van der Waals surface area contributed by atoms with E-state index >= 15 is 0 Å². The number of aromatic nitrogens is 2. The molecule has 1 saturated heterocycles. The fourth-order valence-electron chi connectivity index (χ4n) is 2.89. The van der Waals surface area contributed by atoms with Gasteiger partial charge in [0.2, 0.25) is 0 Å². The third-order valence-corrected chi connectivity index (χ3v) is 4.05. The smallest absolute Gasteiger partial charge is 0.121 e. The van der Waals surface area contributed by atoms with Gasteiger partial charge in [-0.2, -0.15) is 0 Å². The zero-order valence-corrected chi connectivity index (χ0v) is 11.6. The maximum Gasteiger partial charge on any atom is 0.121 e. The molecule has 2 aromatic rings. The second-order valence-electron chi connectivity index (χ2n) is 5.36. The molecule has 2 heterocycles. The zero-order chi connectivity index (χ0) is 13.2. The molecule has 3 rings (SSSR count). The van der Waals surface area contributed by atoms with Crippen LogP contribution in [0.3, 0.4) is 0 Å². The van der Waals surface area contributed by atoms with Crippen molar-refractivity contribution in [3.63, 3.8) is 0 Å². The fourth-order valence-corrected chi connectivity index (χ4v) is 2.89. The molecule has 0 bridgehead atoms. The van der Waals surface area contributed by atoms with Gasteiger partial charge in [0.05, 0.1) is 18.1 Å². The lowest BCUT2D eigenvalue weighted by Gasteiger charge is -2.22. The number of nitrogens with zero attached hydrogens (tertiary/aromatic N) is 2. The molecular formula is C15H21N3O. The summed E-state index contributed by atoms with van der Waals surface area (Å²) in [7, 11) is 3.80. The van der Waals surface area contributed by atoms with Crippen molar-refractivity contribution in [2.24, 2.45) is 13.0 Å². The summed E-state index contributed by atoms with van der Waals surface area (Å²) in [5, 5.41) is 3.47. The highest BCUT2D eigenvalue weighted by Crippen LogP contribution is 2.23. The van der Waals surface area contributed by atoms with Crippen molar-refractivity contribution in [2.45, 2.75) is 19.3 Å². The number of benzene rings is 1. The van der Waals surface area contributed by atoms with E-state index in [2.05, 4.69) is 23.0 Å². The number of hydrogen-bond acceptors (Lipinski definition) is 3. The van der Waals surface area contributed by atoms with Crippen molar-refractivity contribution in [1.29, 1.82) is 0 Å². The maximum atomic E-state index is 5.29. The number of piperidine rings is 1. The molecule has 1 fully saturated rings. The number of rotatable bonds is 3. The molecule has 19 heavy (non-hydrogen) atoms. The summed E-state index contributed by atoms with van der Waals surface area (Å²) >= 11 is 0. The van der Waals surface area contributed by atoms with Gasteiger partial charge in [-0.3, -0.25) is 0 Å². The SMILES string of the molecule is COc1ccc2nc(CC3CCCNC3)n(C)c2c1. The van der Waals surface area contributed by atoms with E-state index in [1.807, 2.05) is 12.1 Å². The Labute approximate surface area is 113 Å². The zero-order valence-electron chi connectivity index (χ0n) is 11.6. The number of nitrogens with one attached hydrogen (secondary N) is 1. The van der Waals surface area contributed by atoms with Crippen LogP contribution in [0.1, 0.15) is 18.7 Å². The van der Waals surface area contributed by atoms with Crippen molar-refractivity contribution in [3.8, 4) is 5.75 Å². The lowest BCUT2D eigenvalue weighted by Crippen LogP contribution is -2.31.